The SMILES string of the molecule is COc1ccc(NC(=O)c2c(C)nn(-c3ccc(F)cc3)c2-n2cccc2)cc1Cl. The number of amides is 1. The van der Waals surface area contributed by atoms with Gasteiger partial charge in [0.15, 0.2) is 5.82 Å². The predicted molar refractivity (Wildman–Crippen MR) is 114 cm³/mol. The molecule has 0 aliphatic carbocycles. The molecule has 0 radical (unpaired) electrons. The Morgan fingerprint density at radius 2 is 1.83 bits per heavy atom. The molecule has 1 amide bonds. The molecule has 0 saturated carbocycles. The smallest absolute Gasteiger partial charge is 0.261 e. The zero-order valence-electron chi connectivity index (χ0n) is 16.3. The van der Waals surface area contributed by atoms with Crippen LogP contribution in [0, 0.1) is 12.7 Å². The van der Waals surface area contributed by atoms with Crippen LogP contribution in [0.25, 0.3) is 11.5 Å². The second-order valence-electron chi connectivity index (χ2n) is 6.57. The molecule has 0 aliphatic rings. The van der Waals surface area contributed by atoms with Gasteiger partial charge in [-0.1, -0.05) is 11.6 Å². The van der Waals surface area contributed by atoms with E-state index in [1.165, 1.54) is 19.2 Å². The molecule has 152 valence electrons. The van der Waals surface area contributed by atoms with Crippen molar-refractivity contribution >= 4 is 23.2 Å². The summed E-state index contributed by atoms with van der Waals surface area (Å²) in [4.78, 5) is 13.2. The molecule has 0 saturated heterocycles. The molecular formula is C22H18ClFN4O2. The number of nitrogens with one attached hydrogen (secondary N) is 1. The van der Waals surface area contributed by atoms with Gasteiger partial charge in [0.2, 0.25) is 0 Å². The highest BCUT2D eigenvalue weighted by molar-refractivity contribution is 6.32. The van der Waals surface area contributed by atoms with Crippen LogP contribution in [0.3, 0.4) is 0 Å². The lowest BCUT2D eigenvalue weighted by Crippen LogP contribution is -2.16. The monoisotopic (exact) mass is 424 g/mol. The first kappa shape index (κ1) is 19.7. The van der Waals surface area contributed by atoms with Crippen LogP contribution < -0.4 is 10.1 Å². The van der Waals surface area contributed by atoms with Gasteiger partial charge >= 0.3 is 0 Å². The Balaban J connectivity index is 1.78. The largest absolute Gasteiger partial charge is 0.495 e. The molecule has 4 rings (SSSR count). The summed E-state index contributed by atoms with van der Waals surface area (Å²) >= 11 is 6.17. The number of anilines is 1. The minimum absolute atomic E-state index is 0.342. The van der Waals surface area contributed by atoms with E-state index in [1.807, 2.05) is 24.5 Å². The van der Waals surface area contributed by atoms with E-state index in [2.05, 4.69) is 10.4 Å². The molecule has 0 spiro atoms. The fourth-order valence-electron chi connectivity index (χ4n) is 3.20. The van der Waals surface area contributed by atoms with Gasteiger partial charge in [-0.05, 0) is 61.5 Å². The zero-order chi connectivity index (χ0) is 21.3. The molecule has 4 aromatic rings. The Kier molecular flexibility index (Phi) is 5.29. The van der Waals surface area contributed by atoms with Gasteiger partial charge in [0.05, 0.1) is 23.5 Å². The predicted octanol–water partition coefficient (Wildman–Crippen LogP) is 5.02. The van der Waals surface area contributed by atoms with Crippen molar-refractivity contribution in [3.63, 3.8) is 0 Å². The third kappa shape index (κ3) is 3.67. The summed E-state index contributed by atoms with van der Waals surface area (Å²) in [5, 5.41) is 7.79. The van der Waals surface area contributed by atoms with Crippen LogP contribution in [-0.4, -0.2) is 27.4 Å². The van der Waals surface area contributed by atoms with Gasteiger partial charge in [-0.2, -0.15) is 5.10 Å². The molecule has 0 bridgehead atoms. The summed E-state index contributed by atoms with van der Waals surface area (Å²) < 4.78 is 22.0. The van der Waals surface area contributed by atoms with Crippen LogP contribution in [0.2, 0.25) is 5.02 Å². The van der Waals surface area contributed by atoms with Gasteiger partial charge in [-0.3, -0.25) is 4.79 Å². The Labute approximate surface area is 177 Å². The fourth-order valence-corrected chi connectivity index (χ4v) is 3.45. The van der Waals surface area contributed by atoms with Crippen LogP contribution >= 0.6 is 11.6 Å². The van der Waals surface area contributed by atoms with Crippen molar-refractivity contribution in [2.45, 2.75) is 6.92 Å². The summed E-state index contributed by atoms with van der Waals surface area (Å²) in [5.74, 6) is 0.370. The number of ether oxygens (including phenoxy) is 1. The molecule has 1 N–H and O–H groups in total. The number of hydrogen-bond acceptors (Lipinski definition) is 3. The van der Waals surface area contributed by atoms with Crippen LogP contribution in [0.5, 0.6) is 5.75 Å². The van der Waals surface area contributed by atoms with Crippen molar-refractivity contribution in [2.75, 3.05) is 12.4 Å². The molecule has 2 heterocycles. The number of rotatable bonds is 5. The van der Waals surface area contributed by atoms with E-state index in [1.54, 1.807) is 46.5 Å². The molecule has 30 heavy (non-hydrogen) atoms. The minimum Gasteiger partial charge on any atom is -0.495 e. The van der Waals surface area contributed by atoms with Gasteiger partial charge in [0.1, 0.15) is 17.1 Å². The highest BCUT2D eigenvalue weighted by atomic mass is 35.5. The van der Waals surface area contributed by atoms with E-state index in [9.17, 15) is 9.18 Å². The van der Waals surface area contributed by atoms with E-state index >= 15 is 0 Å². The first-order chi connectivity index (χ1) is 14.5. The van der Waals surface area contributed by atoms with Crippen molar-refractivity contribution in [3.8, 4) is 17.3 Å². The van der Waals surface area contributed by atoms with E-state index in [0.29, 0.717) is 39.2 Å². The van der Waals surface area contributed by atoms with E-state index in [-0.39, 0.29) is 11.7 Å². The van der Waals surface area contributed by atoms with Gasteiger partial charge < -0.3 is 14.6 Å². The average molecular weight is 425 g/mol. The number of halogens is 2. The third-order valence-electron chi connectivity index (χ3n) is 4.59. The molecule has 0 aliphatic heterocycles. The molecule has 0 fully saturated rings. The first-order valence-corrected chi connectivity index (χ1v) is 9.49. The maximum absolute atomic E-state index is 13.4. The van der Waals surface area contributed by atoms with Crippen LogP contribution in [0.1, 0.15) is 16.1 Å². The Bertz CT molecular complexity index is 1200. The van der Waals surface area contributed by atoms with E-state index in [4.69, 9.17) is 16.3 Å². The minimum atomic E-state index is -0.348. The van der Waals surface area contributed by atoms with Crippen LogP contribution in [0.4, 0.5) is 10.1 Å². The third-order valence-corrected chi connectivity index (χ3v) is 4.89. The quantitative estimate of drug-likeness (QED) is 0.489. The number of carbonyl (C=O) groups excluding carboxylic acids is 1. The number of benzene rings is 2. The van der Waals surface area contributed by atoms with Crippen molar-refractivity contribution in [3.05, 3.63) is 89.1 Å². The average Bonchev–Trinajstić information content (AvgIpc) is 3.36. The molecule has 0 unspecified atom stereocenters. The van der Waals surface area contributed by atoms with E-state index in [0.717, 1.165) is 0 Å². The zero-order valence-corrected chi connectivity index (χ0v) is 17.0. The molecule has 8 heteroatoms. The first-order valence-electron chi connectivity index (χ1n) is 9.11. The topological polar surface area (TPSA) is 61.1 Å². The lowest BCUT2D eigenvalue weighted by Gasteiger charge is -2.12. The summed E-state index contributed by atoms with van der Waals surface area (Å²) in [7, 11) is 1.52. The van der Waals surface area contributed by atoms with E-state index < -0.39 is 0 Å². The molecule has 2 aromatic heterocycles. The van der Waals surface area contributed by atoms with Crippen molar-refractivity contribution in [1.29, 1.82) is 0 Å². The fraction of sp³-hybridized carbons (Fsp3) is 0.0909. The second-order valence-corrected chi connectivity index (χ2v) is 6.97. The van der Waals surface area contributed by atoms with Crippen LogP contribution in [0.15, 0.2) is 67.0 Å². The number of aryl methyl sites for hydroxylation is 1. The number of carbonyl (C=O) groups is 1. The van der Waals surface area contributed by atoms with Crippen molar-refractivity contribution in [2.24, 2.45) is 0 Å². The number of aromatic nitrogens is 3. The molecule has 6 nitrogen and oxygen atoms in total. The summed E-state index contributed by atoms with van der Waals surface area (Å²) in [5.41, 5.74) is 2.08. The molecular weight excluding hydrogens is 407 g/mol. The second kappa shape index (κ2) is 8.04. The van der Waals surface area contributed by atoms with Gasteiger partial charge in [0, 0.05) is 18.1 Å². The maximum atomic E-state index is 13.4. The maximum Gasteiger partial charge on any atom is 0.261 e. The van der Waals surface area contributed by atoms with Crippen LogP contribution in [-0.2, 0) is 0 Å². The Morgan fingerprint density at radius 1 is 1.13 bits per heavy atom. The van der Waals surface area contributed by atoms with Gasteiger partial charge in [0.25, 0.3) is 5.91 Å². The standard InChI is InChI=1S/C22H18ClFN4O2/c1-14-20(21(29)25-16-7-10-19(30-2)18(23)13-16)22(27-11-3-4-12-27)28(26-14)17-8-5-15(24)6-9-17/h3-13H,1-2H3,(H,25,29). The number of methoxy groups -OCH3 is 1. The highest BCUT2D eigenvalue weighted by Crippen LogP contribution is 2.29. The number of hydrogen-bond donors (Lipinski definition) is 1. The van der Waals surface area contributed by atoms with Gasteiger partial charge in [-0.15, -0.1) is 0 Å². The van der Waals surface area contributed by atoms with Crippen molar-refractivity contribution in [1.82, 2.24) is 14.3 Å². The lowest BCUT2D eigenvalue weighted by atomic mass is 10.2. The summed E-state index contributed by atoms with van der Waals surface area (Å²) in [6.45, 7) is 1.75. The number of nitrogens with zero attached hydrogens (tertiary/aromatic N) is 3. The summed E-state index contributed by atoms with van der Waals surface area (Å²) in [6, 6.07) is 14.6. The van der Waals surface area contributed by atoms with Crippen molar-refractivity contribution < 1.29 is 13.9 Å². The lowest BCUT2D eigenvalue weighted by molar-refractivity contribution is 0.102. The highest BCUT2D eigenvalue weighted by Gasteiger charge is 2.24. The summed E-state index contributed by atoms with van der Waals surface area (Å²) in [6.07, 6.45) is 3.63. The Hall–Kier alpha value is -3.58. The molecule has 0 atom stereocenters. The Morgan fingerprint density at radius 3 is 2.47 bits per heavy atom. The molecule has 2 aromatic carbocycles. The van der Waals surface area contributed by atoms with Gasteiger partial charge in [-0.25, -0.2) is 9.07 Å². The normalized spacial score (nSPS) is 10.8.